The molecule has 0 fully saturated rings. The van der Waals surface area contributed by atoms with Crippen molar-refractivity contribution in [3.8, 4) is 0 Å². The highest BCUT2D eigenvalue weighted by Gasteiger charge is 2.15. The molecule has 0 saturated heterocycles. The van der Waals surface area contributed by atoms with Crippen molar-refractivity contribution in [2.45, 2.75) is 26.8 Å². The van der Waals surface area contributed by atoms with Crippen molar-refractivity contribution in [1.82, 2.24) is 20.2 Å². The lowest BCUT2D eigenvalue weighted by Gasteiger charge is -2.23. The highest BCUT2D eigenvalue weighted by molar-refractivity contribution is 5.78. The highest BCUT2D eigenvalue weighted by atomic mass is 16.2. The third-order valence-electron chi connectivity index (χ3n) is 2.79. The van der Waals surface area contributed by atoms with E-state index in [-0.39, 0.29) is 11.9 Å². The summed E-state index contributed by atoms with van der Waals surface area (Å²) < 4.78 is 0. The van der Waals surface area contributed by atoms with Gasteiger partial charge in [-0.25, -0.2) is 9.97 Å². The minimum atomic E-state index is 0.0482. The fourth-order valence-corrected chi connectivity index (χ4v) is 1.51. The molecule has 0 aromatic carbocycles. The number of nitrogens with one attached hydrogen (secondary N) is 1. The first-order chi connectivity index (χ1) is 8.50. The summed E-state index contributed by atoms with van der Waals surface area (Å²) in [5.74, 6) is 0.519. The van der Waals surface area contributed by atoms with E-state index < -0.39 is 0 Å². The van der Waals surface area contributed by atoms with E-state index in [4.69, 9.17) is 0 Å². The van der Waals surface area contributed by atoms with Gasteiger partial charge in [-0.2, -0.15) is 0 Å². The Balaban J connectivity index is 2.45. The monoisotopic (exact) mass is 250 g/mol. The summed E-state index contributed by atoms with van der Waals surface area (Å²) >= 11 is 0. The second-order valence-electron chi connectivity index (χ2n) is 4.92. The fraction of sp³-hybridized carbons (Fsp3) is 0.615. The molecule has 1 aromatic rings. The van der Waals surface area contributed by atoms with E-state index in [1.807, 2.05) is 24.9 Å². The normalized spacial score (nSPS) is 12.8. The van der Waals surface area contributed by atoms with E-state index in [2.05, 4.69) is 29.1 Å². The van der Waals surface area contributed by atoms with Crippen LogP contribution in [0.4, 0.5) is 0 Å². The zero-order chi connectivity index (χ0) is 13.5. The zero-order valence-corrected chi connectivity index (χ0v) is 11.6. The zero-order valence-electron chi connectivity index (χ0n) is 11.6. The molecule has 0 spiro atoms. The van der Waals surface area contributed by atoms with E-state index in [1.165, 1.54) is 6.33 Å². The molecule has 1 aromatic heterocycles. The summed E-state index contributed by atoms with van der Waals surface area (Å²) in [6, 6.07) is 1.96. The van der Waals surface area contributed by atoms with Gasteiger partial charge in [-0.05, 0) is 26.0 Å². The van der Waals surface area contributed by atoms with Crippen LogP contribution in [0.1, 0.15) is 32.5 Å². The van der Waals surface area contributed by atoms with E-state index in [0.29, 0.717) is 19.0 Å². The van der Waals surface area contributed by atoms with Gasteiger partial charge in [0.25, 0.3) is 0 Å². The van der Waals surface area contributed by atoms with Gasteiger partial charge < -0.3 is 5.32 Å². The quantitative estimate of drug-likeness (QED) is 0.825. The molecular formula is C13H22N4O. The van der Waals surface area contributed by atoms with E-state index in [0.717, 1.165) is 5.69 Å². The number of hydrogen-bond donors (Lipinski definition) is 1. The van der Waals surface area contributed by atoms with Gasteiger partial charge in [0.15, 0.2) is 0 Å². The summed E-state index contributed by atoms with van der Waals surface area (Å²) in [6.45, 7) is 7.27. The number of aromatic nitrogens is 2. The molecule has 5 nitrogen and oxygen atoms in total. The van der Waals surface area contributed by atoms with Crippen LogP contribution in [0.5, 0.6) is 0 Å². The van der Waals surface area contributed by atoms with Crippen LogP contribution < -0.4 is 5.32 Å². The third-order valence-corrected chi connectivity index (χ3v) is 2.79. The molecule has 1 heterocycles. The minimum Gasteiger partial charge on any atom is -0.355 e. The number of nitrogens with zero attached hydrogens (tertiary/aromatic N) is 3. The number of carbonyl (C=O) groups excluding carboxylic acids is 1. The van der Waals surface area contributed by atoms with Crippen LogP contribution in [0.25, 0.3) is 0 Å². The SMILES string of the molecule is CC(C)CNC(=O)CN(C)[C@@H](C)c1ccncn1. The van der Waals surface area contributed by atoms with Crippen molar-refractivity contribution in [1.29, 1.82) is 0 Å². The maximum absolute atomic E-state index is 11.7. The lowest BCUT2D eigenvalue weighted by Crippen LogP contribution is -2.38. The number of carbonyl (C=O) groups is 1. The number of likely N-dealkylation sites (N-methyl/N-ethyl adjacent to an activating group) is 1. The molecule has 0 aliphatic carbocycles. The molecular weight excluding hydrogens is 228 g/mol. The molecule has 0 radical (unpaired) electrons. The molecule has 0 saturated carbocycles. The molecule has 0 unspecified atom stereocenters. The van der Waals surface area contributed by atoms with Gasteiger partial charge >= 0.3 is 0 Å². The van der Waals surface area contributed by atoms with Gasteiger partial charge in [-0.15, -0.1) is 0 Å². The molecule has 0 bridgehead atoms. The average molecular weight is 250 g/mol. The van der Waals surface area contributed by atoms with Crippen molar-refractivity contribution in [2.24, 2.45) is 5.92 Å². The van der Waals surface area contributed by atoms with Crippen LogP contribution in [0.2, 0.25) is 0 Å². The van der Waals surface area contributed by atoms with Gasteiger partial charge in [0.1, 0.15) is 6.33 Å². The van der Waals surface area contributed by atoms with Crippen molar-refractivity contribution < 1.29 is 4.79 Å². The van der Waals surface area contributed by atoms with Gasteiger partial charge in [0.05, 0.1) is 12.2 Å². The Bertz CT molecular complexity index is 367. The Labute approximate surface area is 109 Å². The molecule has 1 N–H and O–H groups in total. The topological polar surface area (TPSA) is 58.1 Å². The Morgan fingerprint density at radius 2 is 2.17 bits per heavy atom. The highest BCUT2D eigenvalue weighted by Crippen LogP contribution is 2.14. The smallest absolute Gasteiger partial charge is 0.234 e. The van der Waals surface area contributed by atoms with Crippen molar-refractivity contribution in [3.63, 3.8) is 0 Å². The van der Waals surface area contributed by atoms with Crippen molar-refractivity contribution in [3.05, 3.63) is 24.3 Å². The first-order valence-electron chi connectivity index (χ1n) is 6.23. The van der Waals surface area contributed by atoms with Gasteiger partial charge in [0, 0.05) is 18.8 Å². The summed E-state index contributed by atoms with van der Waals surface area (Å²) in [4.78, 5) is 21.8. The van der Waals surface area contributed by atoms with Gasteiger partial charge in [-0.3, -0.25) is 9.69 Å². The molecule has 1 rings (SSSR count). The van der Waals surface area contributed by atoms with E-state index in [1.54, 1.807) is 6.20 Å². The summed E-state index contributed by atoms with van der Waals surface area (Å²) in [6.07, 6.45) is 3.24. The maximum Gasteiger partial charge on any atom is 0.234 e. The number of hydrogen-bond acceptors (Lipinski definition) is 4. The molecule has 100 valence electrons. The van der Waals surface area contributed by atoms with Crippen LogP contribution in [-0.2, 0) is 4.79 Å². The predicted octanol–water partition coefficient (Wildman–Crippen LogP) is 1.24. The van der Waals surface area contributed by atoms with Crippen LogP contribution >= 0.6 is 0 Å². The first kappa shape index (κ1) is 14.6. The van der Waals surface area contributed by atoms with E-state index in [9.17, 15) is 4.79 Å². The Kier molecular flexibility index (Phi) is 5.71. The van der Waals surface area contributed by atoms with Gasteiger partial charge in [0.2, 0.25) is 5.91 Å². The van der Waals surface area contributed by atoms with Crippen LogP contribution in [-0.4, -0.2) is 40.9 Å². The Hall–Kier alpha value is -1.49. The molecule has 1 atom stereocenters. The van der Waals surface area contributed by atoms with Crippen molar-refractivity contribution in [2.75, 3.05) is 20.1 Å². The maximum atomic E-state index is 11.7. The molecule has 0 aliphatic heterocycles. The number of rotatable bonds is 6. The van der Waals surface area contributed by atoms with Crippen LogP contribution in [0.15, 0.2) is 18.6 Å². The summed E-state index contributed by atoms with van der Waals surface area (Å²) in [5, 5.41) is 2.91. The fourth-order valence-electron chi connectivity index (χ4n) is 1.51. The van der Waals surface area contributed by atoms with Gasteiger partial charge in [-0.1, -0.05) is 13.8 Å². The molecule has 0 aliphatic rings. The number of amides is 1. The lowest BCUT2D eigenvalue weighted by molar-refractivity contribution is -0.122. The average Bonchev–Trinajstić information content (AvgIpc) is 2.36. The summed E-state index contributed by atoms with van der Waals surface area (Å²) in [5.41, 5.74) is 0.921. The van der Waals surface area contributed by atoms with E-state index >= 15 is 0 Å². The Morgan fingerprint density at radius 1 is 1.44 bits per heavy atom. The van der Waals surface area contributed by atoms with Crippen LogP contribution in [0, 0.1) is 5.92 Å². The lowest BCUT2D eigenvalue weighted by atomic mass is 10.2. The van der Waals surface area contributed by atoms with Crippen molar-refractivity contribution >= 4 is 5.91 Å². The predicted molar refractivity (Wildman–Crippen MR) is 70.9 cm³/mol. The first-order valence-corrected chi connectivity index (χ1v) is 6.23. The minimum absolute atomic E-state index is 0.0482. The Morgan fingerprint density at radius 3 is 2.72 bits per heavy atom. The second kappa shape index (κ2) is 7.06. The molecule has 5 heteroatoms. The van der Waals surface area contributed by atoms with Crippen LogP contribution in [0.3, 0.4) is 0 Å². The third kappa shape index (κ3) is 4.79. The molecule has 1 amide bonds. The largest absolute Gasteiger partial charge is 0.355 e. The molecule has 18 heavy (non-hydrogen) atoms. The second-order valence-corrected chi connectivity index (χ2v) is 4.92. The standard InChI is InChI=1S/C13H22N4O/c1-10(2)7-15-13(18)8-17(4)11(3)12-5-6-14-9-16-12/h5-6,9-11H,7-8H2,1-4H3,(H,15,18)/t11-/m0/s1. The summed E-state index contributed by atoms with van der Waals surface area (Å²) in [7, 11) is 1.92.